The van der Waals surface area contributed by atoms with Crippen LogP contribution in [0.15, 0.2) is 48.5 Å². The van der Waals surface area contributed by atoms with E-state index in [4.69, 9.17) is 4.98 Å². The number of halogens is 1. The standard InChI is InChI=1S/C27H33FN4O/c28-23-12-6-5-9-21(23)19-32-25-14-8-7-13-24(25)30-27(32)31-17-15-20(16-18-31)26(33)29-22-10-3-1-2-4-11-22/h5-9,12-14,20,22H,1-4,10-11,15-19H2,(H,29,33). The van der Waals surface area contributed by atoms with Gasteiger partial charge >= 0.3 is 0 Å². The molecule has 0 unspecified atom stereocenters. The first kappa shape index (κ1) is 21.9. The lowest BCUT2D eigenvalue weighted by molar-refractivity contribution is -0.126. The predicted molar refractivity (Wildman–Crippen MR) is 130 cm³/mol. The first-order valence-electron chi connectivity index (χ1n) is 12.4. The van der Waals surface area contributed by atoms with Crippen LogP contribution in [0.25, 0.3) is 11.0 Å². The Morgan fingerprint density at radius 1 is 0.939 bits per heavy atom. The smallest absolute Gasteiger partial charge is 0.223 e. The van der Waals surface area contributed by atoms with Gasteiger partial charge < -0.3 is 14.8 Å². The number of benzene rings is 2. The van der Waals surface area contributed by atoms with Gasteiger partial charge in [0.05, 0.1) is 17.6 Å². The number of nitrogens with zero attached hydrogens (tertiary/aromatic N) is 3. The van der Waals surface area contributed by atoms with Gasteiger partial charge in [-0.1, -0.05) is 56.0 Å². The molecule has 174 valence electrons. The van der Waals surface area contributed by atoms with Gasteiger partial charge in [-0.3, -0.25) is 4.79 Å². The lowest BCUT2D eigenvalue weighted by Crippen LogP contribution is -2.44. The Balaban J connectivity index is 1.30. The largest absolute Gasteiger partial charge is 0.353 e. The summed E-state index contributed by atoms with van der Waals surface area (Å²) in [4.78, 5) is 20.1. The fourth-order valence-corrected chi connectivity index (χ4v) is 5.34. The van der Waals surface area contributed by atoms with E-state index in [-0.39, 0.29) is 17.6 Å². The predicted octanol–water partition coefficient (Wildman–Crippen LogP) is 5.28. The zero-order chi connectivity index (χ0) is 22.6. The van der Waals surface area contributed by atoms with E-state index in [0.29, 0.717) is 18.2 Å². The lowest BCUT2D eigenvalue weighted by Gasteiger charge is -2.33. The zero-order valence-corrected chi connectivity index (χ0v) is 19.2. The highest BCUT2D eigenvalue weighted by atomic mass is 19.1. The zero-order valence-electron chi connectivity index (χ0n) is 19.2. The van der Waals surface area contributed by atoms with Crippen LogP contribution < -0.4 is 10.2 Å². The van der Waals surface area contributed by atoms with E-state index in [1.165, 1.54) is 31.7 Å². The molecule has 2 fully saturated rings. The van der Waals surface area contributed by atoms with Crippen molar-refractivity contribution in [3.8, 4) is 0 Å². The summed E-state index contributed by atoms with van der Waals surface area (Å²) in [5, 5.41) is 3.33. The molecule has 5 nitrogen and oxygen atoms in total. The molecular formula is C27H33FN4O. The van der Waals surface area contributed by atoms with Crippen LogP contribution in [0.2, 0.25) is 0 Å². The first-order valence-corrected chi connectivity index (χ1v) is 12.4. The molecule has 0 radical (unpaired) electrons. The van der Waals surface area contributed by atoms with Gasteiger partial charge in [-0.25, -0.2) is 9.37 Å². The van der Waals surface area contributed by atoms with E-state index in [1.54, 1.807) is 6.07 Å². The number of rotatable bonds is 5. The Morgan fingerprint density at radius 2 is 1.64 bits per heavy atom. The van der Waals surface area contributed by atoms with Crippen molar-refractivity contribution in [2.75, 3.05) is 18.0 Å². The molecule has 1 amide bonds. The third kappa shape index (κ3) is 4.90. The van der Waals surface area contributed by atoms with Crippen molar-refractivity contribution in [1.82, 2.24) is 14.9 Å². The second-order valence-electron chi connectivity index (χ2n) is 9.54. The van der Waals surface area contributed by atoms with Crippen molar-refractivity contribution in [3.63, 3.8) is 0 Å². The molecule has 2 aromatic carbocycles. The van der Waals surface area contributed by atoms with Crippen molar-refractivity contribution in [2.24, 2.45) is 5.92 Å². The molecule has 3 aromatic rings. The van der Waals surface area contributed by atoms with Gasteiger partial charge in [0.15, 0.2) is 0 Å². The van der Waals surface area contributed by atoms with Crippen molar-refractivity contribution < 1.29 is 9.18 Å². The number of para-hydroxylation sites is 2. The van der Waals surface area contributed by atoms with Crippen molar-refractivity contribution in [1.29, 1.82) is 0 Å². The third-order valence-corrected chi connectivity index (χ3v) is 7.27. The fourth-order valence-electron chi connectivity index (χ4n) is 5.34. The van der Waals surface area contributed by atoms with E-state index in [0.717, 1.165) is 55.8 Å². The Kier molecular flexibility index (Phi) is 6.60. The van der Waals surface area contributed by atoms with Crippen molar-refractivity contribution >= 4 is 22.9 Å². The van der Waals surface area contributed by atoms with Crippen LogP contribution in [-0.2, 0) is 11.3 Å². The van der Waals surface area contributed by atoms with Gasteiger partial charge in [-0.05, 0) is 43.9 Å². The Hall–Kier alpha value is -2.89. The molecule has 6 heteroatoms. The molecule has 1 saturated heterocycles. The number of aromatic nitrogens is 2. The van der Waals surface area contributed by atoms with Gasteiger partial charge in [0, 0.05) is 30.6 Å². The van der Waals surface area contributed by atoms with Crippen molar-refractivity contribution in [2.45, 2.75) is 64.0 Å². The van der Waals surface area contributed by atoms with E-state index >= 15 is 0 Å². The molecule has 2 aliphatic rings. The maximum Gasteiger partial charge on any atom is 0.223 e. The molecule has 1 N–H and O–H groups in total. The Labute approximate surface area is 195 Å². The summed E-state index contributed by atoms with van der Waals surface area (Å²) in [6.07, 6.45) is 8.90. The number of amides is 1. The number of fused-ring (bicyclic) bond motifs is 1. The molecule has 1 aliphatic heterocycles. The highest BCUT2D eigenvalue weighted by Gasteiger charge is 2.29. The van der Waals surface area contributed by atoms with Crippen LogP contribution in [0.4, 0.5) is 10.3 Å². The molecule has 5 rings (SSSR count). The highest BCUT2D eigenvalue weighted by Crippen LogP contribution is 2.29. The summed E-state index contributed by atoms with van der Waals surface area (Å²) < 4.78 is 16.5. The topological polar surface area (TPSA) is 50.2 Å². The second-order valence-corrected chi connectivity index (χ2v) is 9.54. The van der Waals surface area contributed by atoms with E-state index in [9.17, 15) is 9.18 Å². The van der Waals surface area contributed by atoms with Gasteiger partial charge in [0.2, 0.25) is 11.9 Å². The number of piperidine rings is 1. The van der Waals surface area contributed by atoms with Gasteiger partial charge in [-0.2, -0.15) is 0 Å². The second kappa shape index (κ2) is 9.94. The van der Waals surface area contributed by atoms with E-state index < -0.39 is 0 Å². The monoisotopic (exact) mass is 448 g/mol. The van der Waals surface area contributed by atoms with E-state index in [2.05, 4.69) is 14.8 Å². The number of hydrogen-bond acceptors (Lipinski definition) is 3. The molecule has 1 aromatic heterocycles. The van der Waals surface area contributed by atoms with Crippen molar-refractivity contribution in [3.05, 3.63) is 59.9 Å². The average Bonchev–Trinajstić information content (AvgIpc) is 3.00. The maximum absolute atomic E-state index is 14.4. The van der Waals surface area contributed by atoms with Gasteiger partial charge in [-0.15, -0.1) is 0 Å². The molecule has 1 saturated carbocycles. The maximum atomic E-state index is 14.4. The van der Waals surface area contributed by atoms with Crippen LogP contribution in [0.5, 0.6) is 0 Å². The number of imidazole rings is 1. The average molecular weight is 449 g/mol. The number of carbonyl (C=O) groups excluding carboxylic acids is 1. The summed E-state index contributed by atoms with van der Waals surface area (Å²) in [5.74, 6) is 0.951. The summed E-state index contributed by atoms with van der Waals surface area (Å²) in [7, 11) is 0. The summed E-state index contributed by atoms with van der Waals surface area (Å²) in [6, 6.07) is 15.3. The molecule has 0 atom stereocenters. The number of carbonyl (C=O) groups is 1. The lowest BCUT2D eigenvalue weighted by atomic mass is 9.95. The summed E-state index contributed by atoms with van der Waals surface area (Å²) >= 11 is 0. The number of anilines is 1. The highest BCUT2D eigenvalue weighted by molar-refractivity contribution is 5.80. The summed E-state index contributed by atoms with van der Waals surface area (Å²) in [5.41, 5.74) is 2.57. The van der Waals surface area contributed by atoms with Crippen LogP contribution in [0.1, 0.15) is 56.9 Å². The van der Waals surface area contributed by atoms with Gasteiger partial charge in [0.25, 0.3) is 0 Å². The Bertz CT molecular complexity index is 1090. The molecule has 2 heterocycles. The minimum Gasteiger partial charge on any atom is -0.353 e. The molecular weight excluding hydrogens is 415 g/mol. The third-order valence-electron chi connectivity index (χ3n) is 7.27. The number of nitrogens with one attached hydrogen (secondary N) is 1. The quantitative estimate of drug-likeness (QED) is 0.541. The normalized spacial score (nSPS) is 18.4. The SMILES string of the molecule is O=C(NC1CCCCCC1)C1CCN(c2nc3ccccc3n2Cc2ccccc2F)CC1. The van der Waals surface area contributed by atoms with Crippen LogP contribution in [0.3, 0.4) is 0 Å². The first-order chi connectivity index (χ1) is 16.2. The molecule has 33 heavy (non-hydrogen) atoms. The van der Waals surface area contributed by atoms with E-state index in [1.807, 2.05) is 36.4 Å². The minimum atomic E-state index is -0.199. The Morgan fingerprint density at radius 3 is 2.39 bits per heavy atom. The fraction of sp³-hybridized carbons (Fsp3) is 0.481. The van der Waals surface area contributed by atoms with Crippen LogP contribution in [-0.4, -0.2) is 34.6 Å². The van der Waals surface area contributed by atoms with Crippen LogP contribution >= 0.6 is 0 Å². The molecule has 1 aliphatic carbocycles. The van der Waals surface area contributed by atoms with Crippen LogP contribution in [0, 0.1) is 11.7 Å². The summed E-state index contributed by atoms with van der Waals surface area (Å²) in [6.45, 7) is 2.00. The minimum absolute atomic E-state index is 0.0638. The number of hydrogen-bond donors (Lipinski definition) is 1. The molecule has 0 spiro atoms. The van der Waals surface area contributed by atoms with Gasteiger partial charge in [0.1, 0.15) is 5.82 Å². The molecule has 0 bridgehead atoms.